The summed E-state index contributed by atoms with van der Waals surface area (Å²) in [4.78, 5) is 24.7. The molecule has 1 saturated heterocycles. The van der Waals surface area contributed by atoms with Crippen LogP contribution in [0.5, 0.6) is 0 Å². The lowest BCUT2D eigenvalue weighted by molar-refractivity contribution is -0.145. The Morgan fingerprint density at radius 1 is 1.19 bits per heavy atom. The minimum Gasteiger partial charge on any atom is -0.461 e. The maximum absolute atomic E-state index is 11.7. The minimum atomic E-state index is -0.328. The monoisotopic (exact) mass is 225 g/mol. The van der Waals surface area contributed by atoms with Gasteiger partial charge in [-0.3, -0.25) is 9.59 Å². The number of esters is 1. The molecule has 4 nitrogen and oxygen atoms in total. The van der Waals surface area contributed by atoms with Crippen molar-refractivity contribution < 1.29 is 14.3 Å². The molecule has 0 N–H and O–H groups in total. The average molecular weight is 225 g/mol. The van der Waals surface area contributed by atoms with Gasteiger partial charge in [0, 0.05) is 19.5 Å². The third-order valence-electron chi connectivity index (χ3n) is 2.61. The van der Waals surface area contributed by atoms with Crippen molar-refractivity contribution in [3.8, 4) is 0 Å². The number of rotatable bonds is 5. The first-order chi connectivity index (χ1) is 7.74. The number of hydrogen-bond donors (Lipinski definition) is 0. The van der Waals surface area contributed by atoms with Crippen molar-refractivity contribution in [3.05, 3.63) is 12.7 Å². The van der Waals surface area contributed by atoms with Gasteiger partial charge in [-0.1, -0.05) is 12.7 Å². The summed E-state index contributed by atoms with van der Waals surface area (Å²) in [5.74, 6) is -0.263. The van der Waals surface area contributed by atoms with E-state index in [-0.39, 0.29) is 31.3 Å². The van der Waals surface area contributed by atoms with E-state index in [9.17, 15) is 9.59 Å². The smallest absolute Gasteiger partial charge is 0.306 e. The van der Waals surface area contributed by atoms with Crippen LogP contribution < -0.4 is 0 Å². The van der Waals surface area contributed by atoms with E-state index in [0.29, 0.717) is 0 Å². The molecule has 0 aliphatic carbocycles. The largest absolute Gasteiger partial charge is 0.461 e. The average Bonchev–Trinajstić information content (AvgIpc) is 2.34. The Bertz CT molecular complexity index is 257. The Balaban J connectivity index is 2.18. The zero-order chi connectivity index (χ0) is 11.8. The number of hydrogen-bond acceptors (Lipinski definition) is 3. The Hall–Kier alpha value is -1.32. The molecule has 1 amide bonds. The summed E-state index contributed by atoms with van der Waals surface area (Å²) in [6.07, 6.45) is 5.30. The summed E-state index contributed by atoms with van der Waals surface area (Å²) in [5, 5.41) is 0. The van der Waals surface area contributed by atoms with Gasteiger partial charge >= 0.3 is 5.97 Å². The molecule has 1 aliphatic rings. The van der Waals surface area contributed by atoms with E-state index in [1.807, 2.05) is 4.90 Å². The SMILES string of the molecule is C=CCOC(=O)CCC(=O)N1CCCCC1. The molecule has 1 heterocycles. The van der Waals surface area contributed by atoms with Gasteiger partial charge in [0.1, 0.15) is 6.61 Å². The molecule has 0 aromatic heterocycles. The lowest BCUT2D eigenvalue weighted by Crippen LogP contribution is -2.35. The van der Waals surface area contributed by atoms with Gasteiger partial charge in [0.05, 0.1) is 6.42 Å². The summed E-state index contributed by atoms with van der Waals surface area (Å²) >= 11 is 0. The molecule has 4 heteroatoms. The van der Waals surface area contributed by atoms with Crippen molar-refractivity contribution in [1.82, 2.24) is 4.90 Å². The van der Waals surface area contributed by atoms with Crippen LogP contribution in [0.25, 0.3) is 0 Å². The third kappa shape index (κ3) is 4.47. The van der Waals surface area contributed by atoms with Gasteiger partial charge in [0.25, 0.3) is 0 Å². The topological polar surface area (TPSA) is 46.6 Å². The molecule has 0 spiro atoms. The van der Waals surface area contributed by atoms with Crippen LogP contribution in [-0.4, -0.2) is 36.5 Å². The number of likely N-dealkylation sites (tertiary alicyclic amines) is 1. The van der Waals surface area contributed by atoms with Gasteiger partial charge in [0.15, 0.2) is 0 Å². The highest BCUT2D eigenvalue weighted by atomic mass is 16.5. The van der Waals surface area contributed by atoms with Gasteiger partial charge in [-0.15, -0.1) is 0 Å². The van der Waals surface area contributed by atoms with Crippen molar-refractivity contribution >= 4 is 11.9 Å². The van der Waals surface area contributed by atoms with Crippen molar-refractivity contribution in [2.24, 2.45) is 0 Å². The molecule has 0 saturated carbocycles. The van der Waals surface area contributed by atoms with E-state index in [1.54, 1.807) is 0 Å². The van der Waals surface area contributed by atoms with E-state index in [1.165, 1.54) is 12.5 Å². The van der Waals surface area contributed by atoms with Gasteiger partial charge in [-0.05, 0) is 19.3 Å². The predicted octanol–water partition coefficient (Wildman–Crippen LogP) is 1.51. The van der Waals surface area contributed by atoms with E-state index in [2.05, 4.69) is 6.58 Å². The highest BCUT2D eigenvalue weighted by Gasteiger charge is 2.17. The fourth-order valence-electron chi connectivity index (χ4n) is 1.73. The zero-order valence-corrected chi connectivity index (χ0v) is 9.61. The first kappa shape index (κ1) is 12.7. The van der Waals surface area contributed by atoms with E-state index in [0.717, 1.165) is 25.9 Å². The Morgan fingerprint density at radius 3 is 2.50 bits per heavy atom. The second-order valence-electron chi connectivity index (χ2n) is 3.91. The highest BCUT2D eigenvalue weighted by molar-refractivity contribution is 5.81. The number of ether oxygens (including phenoxy) is 1. The number of carbonyl (C=O) groups is 2. The van der Waals surface area contributed by atoms with Crippen LogP contribution in [0.3, 0.4) is 0 Å². The van der Waals surface area contributed by atoms with Crippen LogP contribution in [0.2, 0.25) is 0 Å². The van der Waals surface area contributed by atoms with E-state index >= 15 is 0 Å². The normalized spacial score (nSPS) is 15.6. The highest BCUT2D eigenvalue weighted by Crippen LogP contribution is 2.10. The number of carbonyl (C=O) groups excluding carboxylic acids is 2. The lowest BCUT2D eigenvalue weighted by Gasteiger charge is -2.26. The quantitative estimate of drug-likeness (QED) is 0.526. The van der Waals surface area contributed by atoms with Crippen molar-refractivity contribution in [2.45, 2.75) is 32.1 Å². The van der Waals surface area contributed by atoms with Crippen molar-refractivity contribution in [3.63, 3.8) is 0 Å². The predicted molar refractivity (Wildman–Crippen MR) is 60.8 cm³/mol. The molecule has 0 aromatic rings. The van der Waals surface area contributed by atoms with Gasteiger partial charge in [0.2, 0.25) is 5.91 Å². The maximum atomic E-state index is 11.7. The van der Waals surface area contributed by atoms with Crippen molar-refractivity contribution in [2.75, 3.05) is 19.7 Å². The van der Waals surface area contributed by atoms with E-state index < -0.39 is 0 Å². The molecule has 90 valence electrons. The molecule has 0 aromatic carbocycles. The second kappa shape index (κ2) is 7.04. The van der Waals surface area contributed by atoms with Crippen LogP contribution in [0, 0.1) is 0 Å². The Kier molecular flexibility index (Phi) is 5.61. The van der Waals surface area contributed by atoms with Crippen LogP contribution in [0.4, 0.5) is 0 Å². The van der Waals surface area contributed by atoms with Gasteiger partial charge in [-0.2, -0.15) is 0 Å². The molecule has 16 heavy (non-hydrogen) atoms. The van der Waals surface area contributed by atoms with Gasteiger partial charge in [-0.25, -0.2) is 0 Å². The summed E-state index contributed by atoms with van der Waals surface area (Å²) < 4.78 is 4.80. The number of nitrogens with zero attached hydrogens (tertiary/aromatic N) is 1. The molecule has 0 unspecified atom stereocenters. The van der Waals surface area contributed by atoms with E-state index in [4.69, 9.17) is 4.74 Å². The maximum Gasteiger partial charge on any atom is 0.306 e. The first-order valence-electron chi connectivity index (χ1n) is 5.78. The van der Waals surface area contributed by atoms with Crippen LogP contribution >= 0.6 is 0 Å². The third-order valence-corrected chi connectivity index (χ3v) is 2.61. The lowest BCUT2D eigenvalue weighted by atomic mass is 10.1. The Labute approximate surface area is 96.3 Å². The minimum absolute atomic E-state index is 0.0650. The summed E-state index contributed by atoms with van der Waals surface area (Å²) in [5.41, 5.74) is 0. The van der Waals surface area contributed by atoms with Crippen LogP contribution in [0.15, 0.2) is 12.7 Å². The fraction of sp³-hybridized carbons (Fsp3) is 0.667. The molecular formula is C12H19NO3. The van der Waals surface area contributed by atoms with Crippen LogP contribution in [0.1, 0.15) is 32.1 Å². The molecule has 0 bridgehead atoms. The van der Waals surface area contributed by atoms with Crippen LogP contribution in [-0.2, 0) is 14.3 Å². The Morgan fingerprint density at radius 2 is 1.88 bits per heavy atom. The molecule has 1 fully saturated rings. The van der Waals surface area contributed by atoms with Gasteiger partial charge < -0.3 is 9.64 Å². The molecule has 1 rings (SSSR count). The number of amides is 1. The summed E-state index contributed by atoms with van der Waals surface area (Å²) in [6, 6.07) is 0. The molecular weight excluding hydrogens is 206 g/mol. The molecule has 0 radical (unpaired) electrons. The molecule has 1 aliphatic heterocycles. The molecule has 0 atom stereocenters. The summed E-state index contributed by atoms with van der Waals surface area (Å²) in [6.45, 7) is 5.34. The summed E-state index contributed by atoms with van der Waals surface area (Å²) in [7, 11) is 0. The fourth-order valence-corrected chi connectivity index (χ4v) is 1.73. The zero-order valence-electron chi connectivity index (χ0n) is 9.61. The number of piperidine rings is 1. The van der Waals surface area contributed by atoms with Crippen molar-refractivity contribution in [1.29, 1.82) is 0 Å². The second-order valence-corrected chi connectivity index (χ2v) is 3.91. The standard InChI is InChI=1S/C12H19NO3/c1-2-10-16-12(15)7-6-11(14)13-8-4-3-5-9-13/h2H,1,3-10H2. The first-order valence-corrected chi connectivity index (χ1v) is 5.78.